The van der Waals surface area contributed by atoms with Crippen LogP contribution < -0.4 is 14.8 Å². The van der Waals surface area contributed by atoms with Gasteiger partial charge in [0.15, 0.2) is 18.1 Å². The van der Waals surface area contributed by atoms with E-state index in [4.69, 9.17) is 9.47 Å². The molecule has 6 heteroatoms. The van der Waals surface area contributed by atoms with Crippen LogP contribution in [-0.2, 0) is 4.79 Å². The van der Waals surface area contributed by atoms with Crippen LogP contribution in [0, 0.1) is 6.92 Å². The Bertz CT molecular complexity index is 627. The molecule has 0 spiro atoms. The van der Waals surface area contributed by atoms with Crippen molar-refractivity contribution in [1.29, 1.82) is 0 Å². The van der Waals surface area contributed by atoms with Crippen molar-refractivity contribution in [2.75, 3.05) is 13.7 Å². The van der Waals surface area contributed by atoms with Crippen molar-refractivity contribution in [2.45, 2.75) is 26.3 Å². The van der Waals surface area contributed by atoms with Crippen LogP contribution in [0.4, 0.5) is 0 Å². The number of methoxy groups -OCH3 is 1. The zero-order valence-corrected chi connectivity index (χ0v) is 13.8. The predicted octanol–water partition coefficient (Wildman–Crippen LogP) is 3.11. The Labute approximate surface area is 134 Å². The van der Waals surface area contributed by atoms with Gasteiger partial charge in [-0.25, -0.2) is 4.98 Å². The van der Waals surface area contributed by atoms with Gasteiger partial charge in [-0.05, 0) is 25.5 Å². The highest BCUT2D eigenvalue weighted by Gasteiger charge is 2.16. The minimum atomic E-state index is -0.175. The molecule has 1 heterocycles. The molecule has 1 aromatic heterocycles. The fourth-order valence-electron chi connectivity index (χ4n) is 1.99. The molecule has 118 valence electrons. The molecule has 1 aromatic carbocycles. The molecule has 0 saturated heterocycles. The minimum absolute atomic E-state index is 0.0543. The lowest BCUT2D eigenvalue weighted by molar-refractivity contribution is -0.123. The number of para-hydroxylation sites is 2. The van der Waals surface area contributed by atoms with Crippen LogP contribution in [-0.4, -0.2) is 24.6 Å². The van der Waals surface area contributed by atoms with Crippen molar-refractivity contribution in [3.63, 3.8) is 0 Å². The van der Waals surface area contributed by atoms with E-state index in [-0.39, 0.29) is 18.6 Å². The van der Waals surface area contributed by atoms with Gasteiger partial charge in [-0.1, -0.05) is 19.1 Å². The van der Waals surface area contributed by atoms with E-state index in [9.17, 15) is 4.79 Å². The third-order valence-electron chi connectivity index (χ3n) is 3.11. The van der Waals surface area contributed by atoms with E-state index in [1.54, 1.807) is 30.6 Å². The van der Waals surface area contributed by atoms with E-state index >= 15 is 0 Å². The highest BCUT2D eigenvalue weighted by Crippen LogP contribution is 2.25. The maximum atomic E-state index is 12.1. The summed E-state index contributed by atoms with van der Waals surface area (Å²) in [6.45, 7) is 3.91. The summed E-state index contributed by atoms with van der Waals surface area (Å²) in [5, 5.41) is 5.85. The van der Waals surface area contributed by atoms with E-state index in [1.807, 2.05) is 31.4 Å². The lowest BCUT2D eigenvalue weighted by Crippen LogP contribution is -2.32. The number of hydrogen-bond donors (Lipinski definition) is 1. The first-order chi connectivity index (χ1) is 10.6. The van der Waals surface area contributed by atoms with E-state index in [0.29, 0.717) is 11.5 Å². The summed E-state index contributed by atoms with van der Waals surface area (Å²) in [7, 11) is 1.57. The molecule has 0 aliphatic rings. The van der Waals surface area contributed by atoms with Crippen LogP contribution in [0.2, 0.25) is 0 Å². The second-order valence-corrected chi connectivity index (χ2v) is 5.68. The summed E-state index contributed by atoms with van der Waals surface area (Å²) in [4.78, 5) is 16.5. The SMILES string of the molecule is CC[C@H](NC(=O)COc1ccccc1OC)c1nc(C)cs1. The number of hydrogen-bond acceptors (Lipinski definition) is 5. The molecule has 22 heavy (non-hydrogen) atoms. The Morgan fingerprint density at radius 1 is 1.36 bits per heavy atom. The fourth-order valence-corrected chi connectivity index (χ4v) is 2.92. The van der Waals surface area contributed by atoms with Gasteiger partial charge in [0.1, 0.15) is 5.01 Å². The first-order valence-corrected chi connectivity index (χ1v) is 7.99. The van der Waals surface area contributed by atoms with E-state index in [0.717, 1.165) is 17.1 Å². The molecular weight excluding hydrogens is 300 g/mol. The summed E-state index contributed by atoms with van der Waals surface area (Å²) in [5.41, 5.74) is 0.970. The summed E-state index contributed by atoms with van der Waals surface area (Å²) >= 11 is 1.56. The molecule has 0 radical (unpaired) electrons. The zero-order chi connectivity index (χ0) is 15.9. The van der Waals surface area contributed by atoms with Gasteiger partial charge in [0.25, 0.3) is 5.91 Å². The average Bonchev–Trinajstić information content (AvgIpc) is 2.97. The second-order valence-electron chi connectivity index (χ2n) is 4.80. The number of rotatable bonds is 7. The number of nitrogens with zero attached hydrogens (tertiary/aromatic N) is 1. The number of nitrogens with one attached hydrogen (secondary N) is 1. The van der Waals surface area contributed by atoms with Gasteiger partial charge in [-0.3, -0.25) is 4.79 Å². The first-order valence-electron chi connectivity index (χ1n) is 7.11. The van der Waals surface area contributed by atoms with Crippen LogP contribution in [0.15, 0.2) is 29.6 Å². The summed E-state index contributed by atoms with van der Waals surface area (Å²) in [6.07, 6.45) is 0.785. The molecular formula is C16H20N2O3S. The van der Waals surface area contributed by atoms with Crippen LogP contribution in [0.1, 0.15) is 30.1 Å². The number of carbonyl (C=O) groups excluding carboxylic acids is 1. The van der Waals surface area contributed by atoms with Crippen molar-refractivity contribution in [2.24, 2.45) is 0 Å². The normalized spacial score (nSPS) is 11.8. The maximum absolute atomic E-state index is 12.1. The Kier molecular flexibility index (Phi) is 5.77. The smallest absolute Gasteiger partial charge is 0.258 e. The second kappa shape index (κ2) is 7.79. The van der Waals surface area contributed by atoms with E-state index in [2.05, 4.69) is 10.3 Å². The van der Waals surface area contributed by atoms with Crippen molar-refractivity contribution in [3.8, 4) is 11.5 Å². The van der Waals surface area contributed by atoms with Crippen LogP contribution in [0.3, 0.4) is 0 Å². The van der Waals surface area contributed by atoms with Crippen LogP contribution >= 0.6 is 11.3 Å². The summed E-state index contributed by atoms with van der Waals surface area (Å²) < 4.78 is 10.7. The molecule has 2 aromatic rings. The minimum Gasteiger partial charge on any atom is -0.493 e. The molecule has 0 bridgehead atoms. The van der Waals surface area contributed by atoms with Crippen molar-refractivity contribution in [3.05, 3.63) is 40.3 Å². The number of thiazole rings is 1. The van der Waals surface area contributed by atoms with E-state index in [1.165, 1.54) is 0 Å². The topological polar surface area (TPSA) is 60.5 Å². The van der Waals surface area contributed by atoms with Gasteiger partial charge in [-0.2, -0.15) is 0 Å². The highest BCUT2D eigenvalue weighted by molar-refractivity contribution is 7.09. The molecule has 0 unspecified atom stereocenters. The number of carbonyl (C=O) groups is 1. The average molecular weight is 320 g/mol. The van der Waals surface area contributed by atoms with E-state index < -0.39 is 0 Å². The van der Waals surface area contributed by atoms with Gasteiger partial charge in [0, 0.05) is 11.1 Å². The third-order valence-corrected chi connectivity index (χ3v) is 4.18. The lowest BCUT2D eigenvalue weighted by Gasteiger charge is -2.15. The molecule has 0 fully saturated rings. The molecule has 1 atom stereocenters. The molecule has 0 saturated carbocycles. The molecule has 1 N–H and O–H groups in total. The molecule has 0 aliphatic carbocycles. The Morgan fingerprint density at radius 3 is 2.68 bits per heavy atom. The monoisotopic (exact) mass is 320 g/mol. The van der Waals surface area contributed by atoms with Crippen LogP contribution in [0.5, 0.6) is 11.5 Å². The molecule has 0 aliphatic heterocycles. The largest absolute Gasteiger partial charge is 0.493 e. The van der Waals surface area contributed by atoms with Crippen LogP contribution in [0.25, 0.3) is 0 Å². The third kappa shape index (κ3) is 4.21. The number of aromatic nitrogens is 1. The first kappa shape index (κ1) is 16.3. The lowest BCUT2D eigenvalue weighted by atomic mass is 10.2. The fraction of sp³-hybridized carbons (Fsp3) is 0.375. The van der Waals surface area contributed by atoms with Gasteiger partial charge in [0.2, 0.25) is 0 Å². The Balaban J connectivity index is 1.92. The maximum Gasteiger partial charge on any atom is 0.258 e. The number of ether oxygens (including phenoxy) is 2. The summed E-state index contributed by atoms with van der Waals surface area (Å²) in [6, 6.07) is 7.17. The predicted molar refractivity (Wildman–Crippen MR) is 86.5 cm³/mol. The number of aryl methyl sites for hydroxylation is 1. The van der Waals surface area contributed by atoms with Crippen molar-refractivity contribution >= 4 is 17.2 Å². The van der Waals surface area contributed by atoms with Gasteiger partial charge in [0.05, 0.1) is 13.2 Å². The number of amides is 1. The summed E-state index contributed by atoms with van der Waals surface area (Å²) in [5.74, 6) is 0.988. The zero-order valence-electron chi connectivity index (χ0n) is 13.0. The highest BCUT2D eigenvalue weighted by atomic mass is 32.1. The van der Waals surface area contributed by atoms with Gasteiger partial charge in [-0.15, -0.1) is 11.3 Å². The molecule has 1 amide bonds. The number of benzene rings is 1. The molecule has 2 rings (SSSR count). The Hall–Kier alpha value is -2.08. The molecule has 5 nitrogen and oxygen atoms in total. The quantitative estimate of drug-likeness (QED) is 0.851. The Morgan fingerprint density at radius 2 is 2.09 bits per heavy atom. The van der Waals surface area contributed by atoms with Crippen molar-refractivity contribution in [1.82, 2.24) is 10.3 Å². The van der Waals surface area contributed by atoms with Gasteiger partial charge >= 0.3 is 0 Å². The van der Waals surface area contributed by atoms with Gasteiger partial charge < -0.3 is 14.8 Å². The van der Waals surface area contributed by atoms with Crippen molar-refractivity contribution < 1.29 is 14.3 Å². The standard InChI is InChI=1S/C16H20N2O3S/c1-4-12(16-17-11(2)10-22-16)18-15(19)9-21-14-8-6-5-7-13(14)20-3/h5-8,10,12H,4,9H2,1-3H3,(H,18,19)/t12-/m0/s1.